The normalized spacial score (nSPS) is 39.0. The molecular weight excluding hydrogens is 114 g/mol. The van der Waals surface area contributed by atoms with Gasteiger partial charge in [0.15, 0.2) is 0 Å². The molecule has 2 N–H and O–H groups in total. The summed E-state index contributed by atoms with van der Waals surface area (Å²) in [6, 6.07) is 0.467. The average molecular weight is 127 g/mol. The Hall–Kier alpha value is -0.0800. The molecule has 1 heterocycles. The van der Waals surface area contributed by atoms with E-state index in [1.54, 1.807) is 0 Å². The topological polar surface area (TPSA) is 35.2 Å². The van der Waals surface area contributed by atoms with Crippen LogP contribution in [0.25, 0.3) is 0 Å². The fraction of sp³-hybridized carbons (Fsp3) is 1.00. The van der Waals surface area contributed by atoms with E-state index in [2.05, 4.69) is 0 Å². The molecule has 2 nitrogen and oxygen atoms in total. The Bertz CT molecular complexity index is 120. The Morgan fingerprint density at radius 1 is 1.44 bits per heavy atom. The van der Waals surface area contributed by atoms with Gasteiger partial charge in [0.25, 0.3) is 0 Å². The first-order chi connectivity index (χ1) is 4.31. The van der Waals surface area contributed by atoms with E-state index in [9.17, 15) is 0 Å². The maximum Gasteiger partial charge on any atom is 0.0545 e. The third-order valence-corrected chi connectivity index (χ3v) is 2.56. The summed E-state index contributed by atoms with van der Waals surface area (Å²) in [7, 11) is 0. The molecule has 9 heavy (non-hydrogen) atoms. The predicted molar refractivity (Wildman–Crippen MR) is 35.1 cm³/mol. The molecule has 0 aromatic heterocycles. The Labute approximate surface area is 55.4 Å². The van der Waals surface area contributed by atoms with E-state index in [-0.39, 0.29) is 0 Å². The molecule has 2 fully saturated rings. The molecule has 2 rings (SSSR count). The van der Waals surface area contributed by atoms with Crippen LogP contribution in [0.5, 0.6) is 0 Å². The van der Waals surface area contributed by atoms with Crippen LogP contribution in [-0.2, 0) is 4.74 Å². The minimum Gasteiger partial charge on any atom is -0.380 e. The van der Waals surface area contributed by atoms with Gasteiger partial charge in [-0.2, -0.15) is 0 Å². The van der Waals surface area contributed by atoms with Crippen LogP contribution in [0.3, 0.4) is 0 Å². The van der Waals surface area contributed by atoms with E-state index in [1.165, 1.54) is 19.3 Å². The van der Waals surface area contributed by atoms with Crippen LogP contribution in [0.1, 0.15) is 19.3 Å². The number of nitrogens with two attached hydrogens (primary N) is 1. The van der Waals surface area contributed by atoms with E-state index in [4.69, 9.17) is 10.5 Å². The van der Waals surface area contributed by atoms with Gasteiger partial charge in [-0.1, -0.05) is 0 Å². The van der Waals surface area contributed by atoms with Crippen LogP contribution in [0, 0.1) is 5.41 Å². The van der Waals surface area contributed by atoms with Gasteiger partial charge in [-0.25, -0.2) is 0 Å². The van der Waals surface area contributed by atoms with Gasteiger partial charge in [0, 0.05) is 11.5 Å². The monoisotopic (exact) mass is 127 g/mol. The van der Waals surface area contributed by atoms with Crippen LogP contribution >= 0.6 is 0 Å². The van der Waals surface area contributed by atoms with Gasteiger partial charge in [-0.3, -0.25) is 0 Å². The first-order valence-electron chi connectivity index (χ1n) is 3.64. The number of ether oxygens (including phenoxy) is 1. The Balaban J connectivity index is 1.99. The number of rotatable bonds is 0. The molecule has 1 atom stereocenters. The molecule has 0 bridgehead atoms. The quantitative estimate of drug-likeness (QED) is 0.514. The third-order valence-electron chi connectivity index (χ3n) is 2.56. The lowest BCUT2D eigenvalue weighted by molar-refractivity contribution is -0.108. The maximum absolute atomic E-state index is 5.76. The Morgan fingerprint density at radius 2 is 2.22 bits per heavy atom. The summed E-state index contributed by atoms with van der Waals surface area (Å²) in [5.41, 5.74) is 6.31. The fourth-order valence-electron chi connectivity index (χ4n) is 1.90. The third kappa shape index (κ3) is 0.775. The van der Waals surface area contributed by atoms with Gasteiger partial charge in [0.05, 0.1) is 13.2 Å². The van der Waals surface area contributed by atoms with Crippen molar-refractivity contribution in [3.63, 3.8) is 0 Å². The van der Waals surface area contributed by atoms with Crippen molar-refractivity contribution in [2.75, 3.05) is 13.2 Å². The van der Waals surface area contributed by atoms with Crippen molar-refractivity contribution in [1.29, 1.82) is 0 Å². The summed E-state index contributed by atoms with van der Waals surface area (Å²) in [6.45, 7) is 1.95. The maximum atomic E-state index is 5.76. The second-order valence-corrected chi connectivity index (χ2v) is 3.50. The van der Waals surface area contributed by atoms with Gasteiger partial charge < -0.3 is 10.5 Å². The molecule has 52 valence electrons. The molecule has 0 aromatic rings. The van der Waals surface area contributed by atoms with Crippen molar-refractivity contribution in [3.05, 3.63) is 0 Å². The number of hydrogen-bond donors (Lipinski definition) is 1. The standard InChI is InChI=1S/C7H13NO/c8-6-1-2-7(3-6)4-9-5-7/h6H,1-5,8H2/t6-/m0/s1. The molecule has 1 aliphatic heterocycles. The minimum atomic E-state index is 0.467. The second kappa shape index (κ2) is 1.70. The van der Waals surface area contributed by atoms with Gasteiger partial charge in [0.1, 0.15) is 0 Å². The summed E-state index contributed by atoms with van der Waals surface area (Å²) in [6.07, 6.45) is 3.71. The van der Waals surface area contributed by atoms with Crippen molar-refractivity contribution in [3.8, 4) is 0 Å². The number of hydrogen-bond acceptors (Lipinski definition) is 2. The molecule has 0 radical (unpaired) electrons. The largest absolute Gasteiger partial charge is 0.380 e. The van der Waals surface area contributed by atoms with Crippen molar-refractivity contribution < 1.29 is 4.74 Å². The van der Waals surface area contributed by atoms with Gasteiger partial charge in [0.2, 0.25) is 0 Å². The van der Waals surface area contributed by atoms with Gasteiger partial charge >= 0.3 is 0 Å². The Kier molecular flexibility index (Phi) is 1.08. The first kappa shape index (κ1) is 5.69. The zero-order valence-corrected chi connectivity index (χ0v) is 5.60. The van der Waals surface area contributed by atoms with Crippen LogP contribution < -0.4 is 5.73 Å². The molecule has 0 unspecified atom stereocenters. The molecule has 0 aromatic carbocycles. The first-order valence-corrected chi connectivity index (χ1v) is 3.64. The van der Waals surface area contributed by atoms with E-state index >= 15 is 0 Å². The molecule has 1 saturated carbocycles. The van der Waals surface area contributed by atoms with E-state index in [1.807, 2.05) is 0 Å². The van der Waals surface area contributed by atoms with Crippen LogP contribution in [0.2, 0.25) is 0 Å². The summed E-state index contributed by atoms with van der Waals surface area (Å²) < 4.78 is 5.15. The zero-order valence-electron chi connectivity index (χ0n) is 5.60. The zero-order chi connectivity index (χ0) is 6.32. The summed E-state index contributed by atoms with van der Waals surface area (Å²) >= 11 is 0. The van der Waals surface area contributed by atoms with Crippen molar-refractivity contribution >= 4 is 0 Å². The fourth-order valence-corrected chi connectivity index (χ4v) is 1.90. The SMILES string of the molecule is N[C@H]1CCC2(COC2)C1. The minimum absolute atomic E-state index is 0.467. The van der Waals surface area contributed by atoms with Crippen LogP contribution in [0.15, 0.2) is 0 Å². The summed E-state index contributed by atoms with van der Waals surface area (Å²) in [5.74, 6) is 0. The predicted octanol–water partition coefficient (Wildman–Crippen LogP) is 0.514. The van der Waals surface area contributed by atoms with Crippen molar-refractivity contribution in [1.82, 2.24) is 0 Å². The van der Waals surface area contributed by atoms with Crippen LogP contribution in [0.4, 0.5) is 0 Å². The lowest BCUT2D eigenvalue weighted by Gasteiger charge is -2.37. The van der Waals surface area contributed by atoms with Crippen molar-refractivity contribution in [2.45, 2.75) is 25.3 Å². The second-order valence-electron chi connectivity index (χ2n) is 3.50. The highest BCUT2D eigenvalue weighted by atomic mass is 16.5. The molecule has 1 aliphatic carbocycles. The lowest BCUT2D eigenvalue weighted by atomic mass is 9.84. The summed E-state index contributed by atoms with van der Waals surface area (Å²) in [5, 5.41) is 0. The highest BCUT2D eigenvalue weighted by Crippen LogP contribution is 2.43. The molecule has 2 aliphatic rings. The van der Waals surface area contributed by atoms with Crippen LogP contribution in [-0.4, -0.2) is 19.3 Å². The molecule has 2 heteroatoms. The highest BCUT2D eigenvalue weighted by molar-refractivity contribution is 4.94. The highest BCUT2D eigenvalue weighted by Gasteiger charge is 2.43. The lowest BCUT2D eigenvalue weighted by Crippen LogP contribution is -2.41. The Morgan fingerprint density at radius 3 is 2.44 bits per heavy atom. The van der Waals surface area contributed by atoms with E-state index in [0.29, 0.717) is 11.5 Å². The van der Waals surface area contributed by atoms with E-state index in [0.717, 1.165) is 13.2 Å². The average Bonchev–Trinajstić information content (AvgIpc) is 2.09. The van der Waals surface area contributed by atoms with Gasteiger partial charge in [-0.15, -0.1) is 0 Å². The van der Waals surface area contributed by atoms with E-state index < -0.39 is 0 Å². The molecular formula is C7H13NO. The molecule has 1 spiro atoms. The van der Waals surface area contributed by atoms with Gasteiger partial charge in [-0.05, 0) is 19.3 Å². The summed E-state index contributed by atoms with van der Waals surface area (Å²) in [4.78, 5) is 0. The van der Waals surface area contributed by atoms with Crippen molar-refractivity contribution in [2.24, 2.45) is 11.1 Å². The molecule has 0 amide bonds. The smallest absolute Gasteiger partial charge is 0.0545 e. The molecule has 1 saturated heterocycles.